The number of aromatic nitrogens is 2. The van der Waals surface area contributed by atoms with E-state index in [9.17, 15) is 9.59 Å². The average Bonchev–Trinajstić information content (AvgIpc) is 3.18. The number of carbonyl (C=O) groups is 2. The molecular weight excluding hydrogens is 362 g/mol. The van der Waals surface area contributed by atoms with Crippen molar-refractivity contribution in [1.29, 1.82) is 0 Å². The molecule has 1 amide bonds. The summed E-state index contributed by atoms with van der Waals surface area (Å²) in [5.41, 5.74) is 2.17. The summed E-state index contributed by atoms with van der Waals surface area (Å²) >= 11 is 7.42. The van der Waals surface area contributed by atoms with Gasteiger partial charge in [-0.1, -0.05) is 23.7 Å². The highest BCUT2D eigenvalue weighted by atomic mass is 35.5. The summed E-state index contributed by atoms with van der Waals surface area (Å²) in [4.78, 5) is 28.7. The lowest BCUT2D eigenvalue weighted by Gasteiger charge is -2.03. The Bertz CT molecular complexity index is 919. The highest BCUT2D eigenvalue weighted by molar-refractivity contribution is 7.15. The quantitative estimate of drug-likeness (QED) is 0.528. The molecule has 6 nitrogen and oxygen atoms in total. The van der Waals surface area contributed by atoms with E-state index in [1.807, 2.05) is 24.4 Å². The third-order valence-electron chi connectivity index (χ3n) is 3.63. The van der Waals surface area contributed by atoms with Gasteiger partial charge in [0.05, 0.1) is 12.8 Å². The van der Waals surface area contributed by atoms with E-state index in [-0.39, 0.29) is 18.3 Å². The van der Waals surface area contributed by atoms with Gasteiger partial charge in [0.1, 0.15) is 5.69 Å². The Morgan fingerprint density at radius 3 is 3.00 bits per heavy atom. The summed E-state index contributed by atoms with van der Waals surface area (Å²) in [5.74, 6) is -0.487. The number of methoxy groups -OCH3 is 1. The largest absolute Gasteiger partial charge is 0.469 e. The normalized spacial score (nSPS) is 10.8. The van der Waals surface area contributed by atoms with Gasteiger partial charge in [0, 0.05) is 35.1 Å². The Labute approximate surface area is 153 Å². The fraction of sp³-hybridized carbons (Fsp3) is 0.235. The van der Waals surface area contributed by atoms with E-state index >= 15 is 0 Å². The van der Waals surface area contributed by atoms with Gasteiger partial charge in [-0.2, -0.15) is 0 Å². The smallest absolute Gasteiger partial charge is 0.305 e. The summed E-state index contributed by atoms with van der Waals surface area (Å²) in [5, 5.41) is 5.21. The number of amides is 1. The first-order valence-corrected chi connectivity index (χ1v) is 8.92. The first-order chi connectivity index (χ1) is 12.1. The lowest BCUT2D eigenvalue weighted by molar-refractivity contribution is -0.140. The van der Waals surface area contributed by atoms with Crippen molar-refractivity contribution in [3.05, 3.63) is 46.6 Å². The third-order valence-corrected chi connectivity index (χ3v) is 4.71. The molecule has 0 aliphatic rings. The molecule has 8 heteroatoms. The molecule has 3 rings (SSSR count). The van der Waals surface area contributed by atoms with Crippen LogP contribution in [0.2, 0.25) is 5.02 Å². The average molecular weight is 378 g/mol. The van der Waals surface area contributed by atoms with Gasteiger partial charge < -0.3 is 10.1 Å². The van der Waals surface area contributed by atoms with E-state index < -0.39 is 0 Å². The number of benzene rings is 1. The minimum atomic E-state index is -0.284. The van der Waals surface area contributed by atoms with Crippen molar-refractivity contribution < 1.29 is 14.3 Å². The SMILES string of the molecule is COC(=O)CCCNC(=O)c1csc2nc(-c3cccc(Cl)c3)cn12. The second-order valence-corrected chi connectivity index (χ2v) is 6.62. The first-order valence-electron chi connectivity index (χ1n) is 7.66. The molecule has 2 aromatic heterocycles. The molecule has 0 atom stereocenters. The van der Waals surface area contributed by atoms with Crippen molar-refractivity contribution in [2.24, 2.45) is 0 Å². The first kappa shape index (κ1) is 17.4. The Hall–Kier alpha value is -2.38. The van der Waals surface area contributed by atoms with E-state index in [0.717, 1.165) is 16.2 Å². The number of hydrogen-bond acceptors (Lipinski definition) is 5. The second-order valence-electron chi connectivity index (χ2n) is 5.35. The highest BCUT2D eigenvalue weighted by Crippen LogP contribution is 2.25. The van der Waals surface area contributed by atoms with Crippen molar-refractivity contribution in [2.45, 2.75) is 12.8 Å². The monoisotopic (exact) mass is 377 g/mol. The molecule has 0 radical (unpaired) electrons. The summed E-state index contributed by atoms with van der Waals surface area (Å²) in [7, 11) is 1.35. The van der Waals surface area contributed by atoms with Crippen LogP contribution in [0, 0.1) is 0 Å². The van der Waals surface area contributed by atoms with Crippen molar-refractivity contribution in [3.8, 4) is 11.3 Å². The predicted octanol–water partition coefficient (Wildman–Crippen LogP) is 3.40. The molecule has 130 valence electrons. The number of imidazole rings is 1. The topological polar surface area (TPSA) is 72.7 Å². The molecule has 0 saturated carbocycles. The minimum Gasteiger partial charge on any atom is -0.469 e. The number of fused-ring (bicyclic) bond motifs is 1. The van der Waals surface area contributed by atoms with Gasteiger partial charge in [-0.15, -0.1) is 11.3 Å². The van der Waals surface area contributed by atoms with Crippen LogP contribution in [-0.4, -0.2) is 34.9 Å². The molecular formula is C17H16ClN3O3S. The molecule has 0 fully saturated rings. The number of thiazole rings is 1. The summed E-state index contributed by atoms with van der Waals surface area (Å²) in [6, 6.07) is 7.42. The molecule has 0 saturated heterocycles. The molecule has 0 spiro atoms. The van der Waals surface area contributed by atoms with Crippen LogP contribution < -0.4 is 5.32 Å². The Kier molecular flexibility index (Phi) is 5.35. The zero-order valence-corrected chi connectivity index (χ0v) is 15.1. The fourth-order valence-electron chi connectivity index (χ4n) is 2.36. The van der Waals surface area contributed by atoms with Crippen LogP contribution in [0.3, 0.4) is 0 Å². The van der Waals surface area contributed by atoms with Crippen LogP contribution in [0.4, 0.5) is 0 Å². The summed E-state index contributed by atoms with van der Waals surface area (Å²) < 4.78 is 6.33. The minimum absolute atomic E-state index is 0.203. The predicted molar refractivity (Wildman–Crippen MR) is 97.1 cm³/mol. The molecule has 0 bridgehead atoms. The number of hydrogen-bond donors (Lipinski definition) is 1. The summed E-state index contributed by atoms with van der Waals surface area (Å²) in [6.45, 7) is 0.404. The van der Waals surface area contributed by atoms with Gasteiger partial charge in [-0.3, -0.25) is 14.0 Å². The number of halogens is 1. The van der Waals surface area contributed by atoms with Crippen molar-refractivity contribution in [1.82, 2.24) is 14.7 Å². The van der Waals surface area contributed by atoms with Gasteiger partial charge in [0.15, 0.2) is 4.96 Å². The van der Waals surface area contributed by atoms with Crippen molar-refractivity contribution >= 4 is 39.8 Å². The zero-order chi connectivity index (χ0) is 17.8. The molecule has 3 aromatic rings. The lowest BCUT2D eigenvalue weighted by Crippen LogP contribution is -2.26. The fourth-order valence-corrected chi connectivity index (χ4v) is 3.40. The van der Waals surface area contributed by atoms with E-state index in [2.05, 4.69) is 15.0 Å². The zero-order valence-electron chi connectivity index (χ0n) is 13.5. The molecule has 1 N–H and O–H groups in total. The number of carbonyl (C=O) groups excluding carboxylic acids is 2. The number of nitrogens with zero attached hydrogens (tertiary/aromatic N) is 2. The van der Waals surface area contributed by atoms with Crippen molar-refractivity contribution in [2.75, 3.05) is 13.7 Å². The van der Waals surface area contributed by atoms with Crippen LogP contribution >= 0.6 is 22.9 Å². The van der Waals surface area contributed by atoms with Crippen molar-refractivity contribution in [3.63, 3.8) is 0 Å². The Morgan fingerprint density at radius 1 is 1.40 bits per heavy atom. The lowest BCUT2D eigenvalue weighted by atomic mass is 10.2. The molecule has 1 aromatic carbocycles. The number of ether oxygens (including phenoxy) is 1. The van der Waals surface area contributed by atoms with E-state index in [1.165, 1.54) is 18.4 Å². The molecule has 0 aliphatic heterocycles. The van der Waals surface area contributed by atoms with Crippen LogP contribution in [-0.2, 0) is 9.53 Å². The van der Waals surface area contributed by atoms with Crippen LogP contribution in [0.15, 0.2) is 35.8 Å². The van der Waals surface area contributed by atoms with E-state index in [0.29, 0.717) is 23.7 Å². The maximum Gasteiger partial charge on any atom is 0.305 e. The molecule has 25 heavy (non-hydrogen) atoms. The molecule has 2 heterocycles. The Balaban J connectivity index is 1.72. The van der Waals surface area contributed by atoms with E-state index in [1.54, 1.807) is 15.8 Å². The van der Waals surface area contributed by atoms with Gasteiger partial charge in [-0.05, 0) is 18.6 Å². The third kappa shape index (κ3) is 4.00. The maximum absolute atomic E-state index is 12.3. The second kappa shape index (κ2) is 7.67. The highest BCUT2D eigenvalue weighted by Gasteiger charge is 2.15. The van der Waals surface area contributed by atoms with E-state index in [4.69, 9.17) is 11.6 Å². The van der Waals surface area contributed by atoms with Crippen LogP contribution in [0.5, 0.6) is 0 Å². The van der Waals surface area contributed by atoms with Crippen LogP contribution in [0.25, 0.3) is 16.2 Å². The molecule has 0 aliphatic carbocycles. The number of nitrogens with one attached hydrogen (secondary N) is 1. The van der Waals surface area contributed by atoms with Gasteiger partial charge in [0.25, 0.3) is 5.91 Å². The number of rotatable bonds is 6. The Morgan fingerprint density at radius 2 is 2.24 bits per heavy atom. The standard InChI is InChI=1S/C17H16ClN3O3S/c1-24-15(22)6-3-7-19-16(23)14-10-25-17-20-13(9-21(14)17)11-4-2-5-12(18)8-11/h2,4-5,8-10H,3,6-7H2,1H3,(H,19,23). The summed E-state index contributed by atoms with van der Waals surface area (Å²) in [6.07, 6.45) is 2.63. The number of esters is 1. The van der Waals surface area contributed by atoms with Gasteiger partial charge in [-0.25, -0.2) is 4.98 Å². The molecule has 0 unspecified atom stereocenters. The maximum atomic E-state index is 12.3. The van der Waals surface area contributed by atoms with Crippen LogP contribution in [0.1, 0.15) is 23.3 Å². The van der Waals surface area contributed by atoms with Gasteiger partial charge in [0.2, 0.25) is 0 Å². The van der Waals surface area contributed by atoms with Gasteiger partial charge >= 0.3 is 5.97 Å².